The molecular weight excluding hydrogens is 444 g/mol. The highest BCUT2D eigenvalue weighted by atomic mass is 32.2. The van der Waals surface area contributed by atoms with E-state index >= 15 is 0 Å². The average Bonchev–Trinajstić information content (AvgIpc) is 2.78. The van der Waals surface area contributed by atoms with Gasteiger partial charge in [-0.15, -0.1) is 0 Å². The zero-order valence-corrected chi connectivity index (χ0v) is 20.9. The Morgan fingerprint density at radius 3 is 2.15 bits per heavy atom. The van der Waals surface area contributed by atoms with Gasteiger partial charge in [0.15, 0.2) is 17.6 Å². The quantitative estimate of drug-likeness (QED) is 0.497. The number of rotatable bonds is 12. The van der Waals surface area contributed by atoms with Gasteiger partial charge in [-0.2, -0.15) is 0 Å². The summed E-state index contributed by atoms with van der Waals surface area (Å²) in [6, 6.07) is 11.9. The van der Waals surface area contributed by atoms with E-state index in [0.29, 0.717) is 42.6 Å². The van der Waals surface area contributed by atoms with Crippen LogP contribution >= 0.6 is 0 Å². The van der Waals surface area contributed by atoms with E-state index in [1.54, 1.807) is 24.3 Å². The van der Waals surface area contributed by atoms with Gasteiger partial charge in [0, 0.05) is 7.05 Å². The number of nitrogens with zero attached hydrogens (tertiary/aromatic N) is 1. The molecule has 0 saturated carbocycles. The third-order valence-corrected chi connectivity index (χ3v) is 6.27. The second-order valence-electron chi connectivity index (χ2n) is 7.54. The number of sulfonamides is 1. The molecule has 0 radical (unpaired) electrons. The standard InChI is InChI=1S/C24H34N2O6S/c1-7-21(32-20-13-11-19(12-14-20)26(5)33(6,28)29)24(27)25-17(4)18-10-15-22(30-8-2)23(16-18)31-9-3/h10-17,21H,7-9H2,1-6H3,(H,25,27)/t17-,21-/m1/s1. The number of hydrogen-bond donors (Lipinski definition) is 1. The second-order valence-corrected chi connectivity index (χ2v) is 9.56. The van der Waals surface area contributed by atoms with Gasteiger partial charge in [-0.1, -0.05) is 13.0 Å². The van der Waals surface area contributed by atoms with Crippen LogP contribution in [0.1, 0.15) is 45.7 Å². The Labute approximate surface area is 196 Å². The largest absolute Gasteiger partial charge is 0.490 e. The maximum absolute atomic E-state index is 12.9. The van der Waals surface area contributed by atoms with Crippen molar-refractivity contribution >= 4 is 21.6 Å². The molecule has 1 amide bonds. The molecule has 0 aliphatic heterocycles. The molecule has 182 valence electrons. The zero-order chi connectivity index (χ0) is 24.6. The lowest BCUT2D eigenvalue weighted by atomic mass is 10.1. The van der Waals surface area contributed by atoms with Crippen LogP contribution in [-0.4, -0.2) is 46.9 Å². The molecule has 33 heavy (non-hydrogen) atoms. The van der Waals surface area contributed by atoms with Crippen molar-refractivity contribution in [3.63, 3.8) is 0 Å². The third-order valence-electron chi connectivity index (χ3n) is 5.07. The highest BCUT2D eigenvalue weighted by Gasteiger charge is 2.22. The Morgan fingerprint density at radius 2 is 1.61 bits per heavy atom. The minimum absolute atomic E-state index is 0.242. The first-order valence-corrected chi connectivity index (χ1v) is 12.9. The van der Waals surface area contributed by atoms with E-state index in [0.717, 1.165) is 11.8 Å². The molecule has 0 aromatic heterocycles. The van der Waals surface area contributed by atoms with Crippen LogP contribution < -0.4 is 23.8 Å². The minimum Gasteiger partial charge on any atom is -0.490 e. The Morgan fingerprint density at radius 1 is 1.00 bits per heavy atom. The SMILES string of the molecule is CCOc1ccc([C@@H](C)NC(=O)[C@@H](CC)Oc2ccc(N(C)S(C)(=O)=O)cc2)cc1OCC. The first-order chi connectivity index (χ1) is 15.6. The van der Waals surface area contributed by atoms with Crippen LogP contribution in [0.5, 0.6) is 17.2 Å². The molecule has 0 unspecified atom stereocenters. The summed E-state index contributed by atoms with van der Waals surface area (Å²) < 4.78 is 41.7. The molecule has 0 aliphatic rings. The Bertz CT molecular complexity index is 1020. The van der Waals surface area contributed by atoms with Crippen LogP contribution in [0.15, 0.2) is 42.5 Å². The number of hydrogen-bond acceptors (Lipinski definition) is 6. The molecule has 2 rings (SSSR count). The molecule has 2 atom stereocenters. The van der Waals surface area contributed by atoms with Gasteiger partial charge in [-0.05, 0) is 69.2 Å². The molecule has 0 bridgehead atoms. The molecule has 0 saturated heterocycles. The van der Waals surface area contributed by atoms with Gasteiger partial charge in [0.1, 0.15) is 5.75 Å². The highest BCUT2D eigenvalue weighted by Crippen LogP contribution is 2.31. The number of carbonyl (C=O) groups is 1. The Balaban J connectivity index is 2.07. The number of amides is 1. The van der Waals surface area contributed by atoms with Crippen LogP contribution in [0.3, 0.4) is 0 Å². The lowest BCUT2D eigenvalue weighted by Gasteiger charge is -2.22. The topological polar surface area (TPSA) is 94.2 Å². The van der Waals surface area contributed by atoms with Crippen molar-refractivity contribution in [1.29, 1.82) is 0 Å². The van der Waals surface area contributed by atoms with Gasteiger partial charge < -0.3 is 19.5 Å². The van der Waals surface area contributed by atoms with Gasteiger partial charge >= 0.3 is 0 Å². The summed E-state index contributed by atoms with van der Waals surface area (Å²) in [6.45, 7) is 8.62. The lowest BCUT2D eigenvalue weighted by Crippen LogP contribution is -2.39. The fraction of sp³-hybridized carbons (Fsp3) is 0.458. The summed E-state index contributed by atoms with van der Waals surface area (Å²) in [7, 11) is -1.87. The molecule has 9 heteroatoms. The number of ether oxygens (including phenoxy) is 3. The monoisotopic (exact) mass is 478 g/mol. The van der Waals surface area contributed by atoms with Crippen molar-refractivity contribution in [1.82, 2.24) is 5.32 Å². The normalized spacial score (nSPS) is 13.0. The summed E-state index contributed by atoms with van der Waals surface area (Å²) in [5, 5.41) is 2.99. The molecule has 2 aromatic carbocycles. The van der Waals surface area contributed by atoms with E-state index in [-0.39, 0.29) is 11.9 Å². The summed E-state index contributed by atoms with van der Waals surface area (Å²) in [5.41, 5.74) is 1.40. The molecule has 0 heterocycles. The molecule has 0 spiro atoms. The predicted octanol–water partition coefficient (Wildman–Crippen LogP) is 3.91. The van der Waals surface area contributed by atoms with Crippen LogP contribution in [-0.2, 0) is 14.8 Å². The van der Waals surface area contributed by atoms with Crippen LogP contribution in [0.2, 0.25) is 0 Å². The molecule has 1 N–H and O–H groups in total. The fourth-order valence-corrected chi connectivity index (χ4v) is 3.64. The van der Waals surface area contributed by atoms with Crippen molar-refractivity contribution in [2.24, 2.45) is 0 Å². The van der Waals surface area contributed by atoms with Gasteiger partial charge in [0.2, 0.25) is 10.0 Å². The van der Waals surface area contributed by atoms with Crippen molar-refractivity contribution in [2.75, 3.05) is 30.8 Å². The maximum Gasteiger partial charge on any atom is 0.261 e. The van der Waals surface area contributed by atoms with Crippen molar-refractivity contribution < 1.29 is 27.4 Å². The Kier molecular flexibility index (Phi) is 9.40. The summed E-state index contributed by atoms with van der Waals surface area (Å²) in [6.07, 6.45) is 0.911. The first-order valence-electron chi connectivity index (χ1n) is 11.0. The number of anilines is 1. The smallest absolute Gasteiger partial charge is 0.261 e. The summed E-state index contributed by atoms with van der Waals surface area (Å²) in [4.78, 5) is 12.9. The van der Waals surface area contributed by atoms with Gasteiger partial charge in [0.25, 0.3) is 5.91 Å². The van der Waals surface area contributed by atoms with Crippen LogP contribution in [0.4, 0.5) is 5.69 Å². The van der Waals surface area contributed by atoms with Crippen LogP contribution in [0, 0.1) is 0 Å². The molecule has 2 aromatic rings. The van der Waals surface area contributed by atoms with E-state index in [2.05, 4.69) is 5.32 Å². The maximum atomic E-state index is 12.9. The molecule has 0 aliphatic carbocycles. The fourth-order valence-electron chi connectivity index (χ4n) is 3.14. The predicted molar refractivity (Wildman–Crippen MR) is 130 cm³/mol. The van der Waals surface area contributed by atoms with Crippen molar-refractivity contribution in [3.8, 4) is 17.2 Å². The molecular formula is C24H34N2O6S. The summed E-state index contributed by atoms with van der Waals surface area (Å²) in [5.74, 6) is 1.55. The molecule has 8 nitrogen and oxygen atoms in total. The van der Waals surface area contributed by atoms with Gasteiger partial charge in [0.05, 0.1) is 31.2 Å². The van der Waals surface area contributed by atoms with E-state index in [9.17, 15) is 13.2 Å². The van der Waals surface area contributed by atoms with Crippen molar-refractivity contribution in [2.45, 2.75) is 46.3 Å². The zero-order valence-electron chi connectivity index (χ0n) is 20.1. The summed E-state index contributed by atoms with van der Waals surface area (Å²) >= 11 is 0. The van der Waals surface area contributed by atoms with E-state index in [1.165, 1.54) is 11.4 Å². The Hall–Kier alpha value is -2.94. The number of carbonyl (C=O) groups excluding carboxylic acids is 1. The third kappa shape index (κ3) is 7.28. The van der Waals surface area contributed by atoms with Gasteiger partial charge in [-0.25, -0.2) is 8.42 Å². The lowest BCUT2D eigenvalue weighted by molar-refractivity contribution is -0.128. The van der Waals surface area contributed by atoms with Crippen LogP contribution in [0.25, 0.3) is 0 Å². The highest BCUT2D eigenvalue weighted by molar-refractivity contribution is 7.92. The number of benzene rings is 2. The number of nitrogens with one attached hydrogen (secondary N) is 1. The second kappa shape index (κ2) is 11.8. The van der Waals surface area contributed by atoms with E-state index in [1.807, 2.05) is 45.9 Å². The van der Waals surface area contributed by atoms with E-state index < -0.39 is 16.1 Å². The van der Waals surface area contributed by atoms with E-state index in [4.69, 9.17) is 14.2 Å². The van der Waals surface area contributed by atoms with Gasteiger partial charge in [-0.3, -0.25) is 9.10 Å². The van der Waals surface area contributed by atoms with Crippen molar-refractivity contribution in [3.05, 3.63) is 48.0 Å². The first kappa shape index (κ1) is 26.3. The molecule has 0 fully saturated rings. The minimum atomic E-state index is -3.35. The average molecular weight is 479 g/mol.